The third-order valence-corrected chi connectivity index (χ3v) is 3.72. The van der Waals surface area contributed by atoms with Crippen molar-refractivity contribution in [2.45, 2.75) is 19.3 Å². The average molecular weight is 298 g/mol. The Morgan fingerprint density at radius 3 is 2.82 bits per heavy atom. The molecule has 3 nitrogen and oxygen atoms in total. The number of hydrogen-bond donors (Lipinski definition) is 2. The van der Waals surface area contributed by atoms with Crippen LogP contribution < -0.4 is 5.32 Å². The van der Waals surface area contributed by atoms with E-state index in [0.29, 0.717) is 6.54 Å². The standard InChI is InChI=1S/C13H16BrNO2/c14-11-3-1-2-10(8-11)4-7-15-12(17)13(9-16)5-6-13/h1-3,8,16H,4-7,9H2,(H,15,17). The Hall–Kier alpha value is -0.870. The molecule has 1 aliphatic rings. The van der Waals surface area contributed by atoms with Gasteiger partial charge in [0, 0.05) is 11.0 Å². The minimum Gasteiger partial charge on any atom is -0.395 e. The molecule has 0 radical (unpaired) electrons. The van der Waals surface area contributed by atoms with Gasteiger partial charge in [-0.3, -0.25) is 4.79 Å². The average Bonchev–Trinajstić information content (AvgIpc) is 3.10. The lowest BCUT2D eigenvalue weighted by atomic mass is 10.1. The zero-order valence-electron chi connectivity index (χ0n) is 9.58. The van der Waals surface area contributed by atoms with Crippen molar-refractivity contribution < 1.29 is 9.90 Å². The van der Waals surface area contributed by atoms with E-state index in [1.807, 2.05) is 24.3 Å². The van der Waals surface area contributed by atoms with Crippen LogP contribution in [0.5, 0.6) is 0 Å². The quantitative estimate of drug-likeness (QED) is 0.872. The lowest BCUT2D eigenvalue weighted by molar-refractivity contribution is -0.127. The van der Waals surface area contributed by atoms with Gasteiger partial charge in [0.1, 0.15) is 0 Å². The molecule has 92 valence electrons. The number of hydrogen-bond acceptors (Lipinski definition) is 2. The summed E-state index contributed by atoms with van der Waals surface area (Å²) in [6.45, 7) is 0.590. The van der Waals surface area contributed by atoms with Crippen LogP contribution in [0.15, 0.2) is 28.7 Å². The van der Waals surface area contributed by atoms with Crippen LogP contribution >= 0.6 is 15.9 Å². The summed E-state index contributed by atoms with van der Waals surface area (Å²) in [5.41, 5.74) is 0.727. The Morgan fingerprint density at radius 1 is 1.47 bits per heavy atom. The van der Waals surface area contributed by atoms with Gasteiger partial charge in [-0.05, 0) is 37.0 Å². The Labute approximate surface area is 109 Å². The predicted molar refractivity (Wildman–Crippen MR) is 69.6 cm³/mol. The smallest absolute Gasteiger partial charge is 0.228 e. The van der Waals surface area contributed by atoms with E-state index in [4.69, 9.17) is 5.11 Å². The fourth-order valence-electron chi connectivity index (χ4n) is 1.81. The van der Waals surface area contributed by atoms with Crippen LogP contribution in [-0.2, 0) is 11.2 Å². The maximum Gasteiger partial charge on any atom is 0.228 e. The van der Waals surface area contributed by atoms with Gasteiger partial charge in [-0.1, -0.05) is 28.1 Å². The highest BCUT2D eigenvalue weighted by Gasteiger charge is 2.49. The van der Waals surface area contributed by atoms with Crippen molar-refractivity contribution in [3.05, 3.63) is 34.3 Å². The first-order valence-electron chi connectivity index (χ1n) is 5.80. The molecule has 1 aromatic rings. The molecule has 0 aromatic heterocycles. The number of rotatable bonds is 5. The van der Waals surface area contributed by atoms with Gasteiger partial charge in [-0.2, -0.15) is 0 Å². The lowest BCUT2D eigenvalue weighted by Crippen LogP contribution is -2.35. The molecule has 1 fully saturated rings. The van der Waals surface area contributed by atoms with Crippen LogP contribution in [0.1, 0.15) is 18.4 Å². The van der Waals surface area contributed by atoms with Gasteiger partial charge in [0.15, 0.2) is 0 Å². The Balaban J connectivity index is 1.78. The topological polar surface area (TPSA) is 49.3 Å². The fraction of sp³-hybridized carbons (Fsp3) is 0.462. The van der Waals surface area contributed by atoms with E-state index < -0.39 is 5.41 Å². The third-order valence-electron chi connectivity index (χ3n) is 3.23. The number of carbonyl (C=O) groups is 1. The molecular weight excluding hydrogens is 282 g/mol. The number of aliphatic hydroxyl groups is 1. The first-order chi connectivity index (χ1) is 8.16. The molecule has 0 unspecified atom stereocenters. The largest absolute Gasteiger partial charge is 0.395 e. The number of carbonyl (C=O) groups excluding carboxylic acids is 1. The van der Waals surface area contributed by atoms with Crippen molar-refractivity contribution in [2.75, 3.05) is 13.2 Å². The van der Waals surface area contributed by atoms with E-state index in [2.05, 4.69) is 21.2 Å². The summed E-state index contributed by atoms with van der Waals surface area (Å²) < 4.78 is 1.05. The zero-order valence-corrected chi connectivity index (χ0v) is 11.2. The minimum atomic E-state index is -0.461. The third kappa shape index (κ3) is 3.07. The number of nitrogens with one attached hydrogen (secondary N) is 1. The van der Waals surface area contributed by atoms with Gasteiger partial charge in [-0.25, -0.2) is 0 Å². The summed E-state index contributed by atoms with van der Waals surface area (Å²) in [5.74, 6) is -0.00463. The van der Waals surface area contributed by atoms with Crippen molar-refractivity contribution >= 4 is 21.8 Å². The maximum atomic E-state index is 11.7. The molecule has 0 aliphatic heterocycles. The zero-order chi connectivity index (χ0) is 12.3. The highest BCUT2D eigenvalue weighted by molar-refractivity contribution is 9.10. The van der Waals surface area contributed by atoms with Crippen LogP contribution in [0.25, 0.3) is 0 Å². The van der Waals surface area contributed by atoms with Crippen molar-refractivity contribution in [1.29, 1.82) is 0 Å². The molecule has 0 saturated heterocycles. The number of amides is 1. The van der Waals surface area contributed by atoms with Crippen molar-refractivity contribution in [3.8, 4) is 0 Å². The van der Waals surface area contributed by atoms with E-state index in [0.717, 1.165) is 23.7 Å². The maximum absolute atomic E-state index is 11.7. The Kier molecular flexibility index (Phi) is 3.84. The molecule has 1 saturated carbocycles. The molecule has 0 bridgehead atoms. The Morgan fingerprint density at radius 2 is 2.24 bits per heavy atom. The highest BCUT2D eigenvalue weighted by atomic mass is 79.9. The molecule has 4 heteroatoms. The first-order valence-corrected chi connectivity index (χ1v) is 6.59. The minimum absolute atomic E-state index is 0.00463. The first kappa shape index (κ1) is 12.6. The SMILES string of the molecule is O=C(NCCc1cccc(Br)c1)C1(CO)CC1. The second-order valence-electron chi connectivity index (χ2n) is 4.57. The number of halogens is 1. The summed E-state index contributed by atoms with van der Waals surface area (Å²) in [7, 11) is 0. The summed E-state index contributed by atoms with van der Waals surface area (Å²) in [6, 6.07) is 8.05. The molecule has 17 heavy (non-hydrogen) atoms. The molecule has 1 amide bonds. The molecule has 1 aliphatic carbocycles. The van der Waals surface area contributed by atoms with E-state index in [-0.39, 0.29) is 12.5 Å². The summed E-state index contributed by atoms with van der Waals surface area (Å²) >= 11 is 3.42. The van der Waals surface area contributed by atoms with Gasteiger partial charge in [0.25, 0.3) is 0 Å². The second-order valence-corrected chi connectivity index (χ2v) is 5.49. The summed E-state index contributed by atoms with van der Waals surface area (Å²) in [6.07, 6.45) is 2.44. The van der Waals surface area contributed by atoms with Crippen LogP contribution in [0.4, 0.5) is 0 Å². The highest BCUT2D eigenvalue weighted by Crippen LogP contribution is 2.45. The van der Waals surface area contributed by atoms with Crippen molar-refractivity contribution in [2.24, 2.45) is 5.41 Å². The molecule has 0 spiro atoms. The van der Waals surface area contributed by atoms with Gasteiger partial charge >= 0.3 is 0 Å². The van der Waals surface area contributed by atoms with Crippen molar-refractivity contribution in [1.82, 2.24) is 5.32 Å². The van der Waals surface area contributed by atoms with E-state index in [1.165, 1.54) is 5.56 Å². The normalized spacial score (nSPS) is 16.6. The number of benzene rings is 1. The molecule has 2 N–H and O–H groups in total. The predicted octanol–water partition coefficient (Wildman–Crippen LogP) is 1.88. The van der Waals surface area contributed by atoms with Crippen molar-refractivity contribution in [3.63, 3.8) is 0 Å². The van der Waals surface area contributed by atoms with Gasteiger partial charge in [0.05, 0.1) is 12.0 Å². The van der Waals surface area contributed by atoms with Gasteiger partial charge in [0.2, 0.25) is 5.91 Å². The summed E-state index contributed by atoms with van der Waals surface area (Å²) in [4.78, 5) is 11.7. The Bertz CT molecular complexity index is 416. The molecule has 0 heterocycles. The van der Waals surface area contributed by atoms with Crippen LogP contribution in [0.3, 0.4) is 0 Å². The molecule has 2 rings (SSSR count). The van der Waals surface area contributed by atoms with E-state index >= 15 is 0 Å². The second kappa shape index (κ2) is 5.19. The molecule has 1 aromatic carbocycles. The monoisotopic (exact) mass is 297 g/mol. The van der Waals surface area contributed by atoms with E-state index in [9.17, 15) is 4.79 Å². The molecular formula is C13H16BrNO2. The van der Waals surface area contributed by atoms with Gasteiger partial charge < -0.3 is 10.4 Å². The van der Waals surface area contributed by atoms with Crippen LogP contribution in [-0.4, -0.2) is 24.2 Å². The van der Waals surface area contributed by atoms with Gasteiger partial charge in [-0.15, -0.1) is 0 Å². The molecule has 0 atom stereocenters. The van der Waals surface area contributed by atoms with Crippen LogP contribution in [0, 0.1) is 5.41 Å². The van der Waals surface area contributed by atoms with E-state index in [1.54, 1.807) is 0 Å². The van der Waals surface area contributed by atoms with Crippen LogP contribution in [0.2, 0.25) is 0 Å². The number of aliphatic hydroxyl groups excluding tert-OH is 1. The fourth-order valence-corrected chi connectivity index (χ4v) is 2.25. The lowest BCUT2D eigenvalue weighted by Gasteiger charge is -2.12. The summed E-state index contributed by atoms with van der Waals surface area (Å²) in [5, 5.41) is 12.0.